The number of terminal acetylenes is 1. The Morgan fingerprint density at radius 3 is 2.27 bits per heavy atom. The van der Waals surface area contributed by atoms with Gasteiger partial charge in [-0.25, -0.2) is 4.79 Å². The molecule has 0 bridgehead atoms. The van der Waals surface area contributed by atoms with E-state index in [-0.39, 0.29) is 11.7 Å². The number of carbonyl (C=O) groups is 3. The van der Waals surface area contributed by atoms with Gasteiger partial charge in [0.1, 0.15) is 17.7 Å². The van der Waals surface area contributed by atoms with Crippen LogP contribution in [0.3, 0.4) is 0 Å². The molecule has 2 aromatic carbocycles. The number of rotatable bonds is 14. The lowest BCUT2D eigenvalue weighted by Gasteiger charge is -2.34. The summed E-state index contributed by atoms with van der Waals surface area (Å²) in [5, 5.41) is 5.64. The van der Waals surface area contributed by atoms with Crippen LogP contribution in [0.1, 0.15) is 82.5 Å². The second-order valence-electron chi connectivity index (χ2n) is 10.7. The van der Waals surface area contributed by atoms with E-state index in [2.05, 4.69) is 36.1 Å². The van der Waals surface area contributed by atoms with E-state index < -0.39 is 29.7 Å². The van der Waals surface area contributed by atoms with Crippen molar-refractivity contribution >= 4 is 30.5 Å². The van der Waals surface area contributed by atoms with Gasteiger partial charge < -0.3 is 20.3 Å². The lowest BCUT2D eigenvalue weighted by molar-refractivity contribution is -0.142. The molecule has 0 spiro atoms. The molecule has 0 fully saturated rings. The summed E-state index contributed by atoms with van der Waals surface area (Å²) in [6.45, 7) is 7.98. The Hall–Kier alpha value is -3.44. The zero-order chi connectivity index (χ0) is 29.5. The molecule has 40 heavy (non-hydrogen) atoms. The summed E-state index contributed by atoms with van der Waals surface area (Å²) in [5.41, 5.74) is 1.26. The standard InChI is InChI=1S/C32H43N3O4S/c1-6-8-9-10-16-21-35(30(37)27(23-40)34-31(38)39-32(3,4)5)28(26-20-15-14-19-25(26)7-2)29(36)33-22-24-17-12-11-13-18-24/h2,11-15,17-20,27-28,40H,6,8-10,16,21-23H2,1,3-5H3,(H,33,36)(H,34,38). The molecule has 216 valence electrons. The predicted octanol–water partition coefficient (Wildman–Crippen LogP) is 5.65. The summed E-state index contributed by atoms with van der Waals surface area (Å²) >= 11 is 4.36. The second kappa shape index (κ2) is 16.6. The highest BCUT2D eigenvalue weighted by Gasteiger charge is 2.36. The summed E-state index contributed by atoms with van der Waals surface area (Å²) in [7, 11) is 0. The summed E-state index contributed by atoms with van der Waals surface area (Å²) in [6.07, 6.45) is 9.90. The first kappa shape index (κ1) is 32.8. The zero-order valence-electron chi connectivity index (χ0n) is 24.1. The molecule has 0 aliphatic carbocycles. The van der Waals surface area contributed by atoms with Crippen molar-refractivity contribution in [1.29, 1.82) is 0 Å². The Kier molecular flexibility index (Phi) is 13.6. The van der Waals surface area contributed by atoms with Crippen LogP contribution in [0.4, 0.5) is 4.79 Å². The maximum absolute atomic E-state index is 14.1. The van der Waals surface area contributed by atoms with Gasteiger partial charge in [-0.3, -0.25) is 9.59 Å². The monoisotopic (exact) mass is 565 g/mol. The second-order valence-corrected chi connectivity index (χ2v) is 11.0. The normalized spacial score (nSPS) is 12.5. The molecule has 0 aliphatic rings. The van der Waals surface area contributed by atoms with Crippen LogP contribution >= 0.6 is 12.6 Å². The highest BCUT2D eigenvalue weighted by atomic mass is 32.1. The lowest BCUT2D eigenvalue weighted by atomic mass is 9.97. The maximum Gasteiger partial charge on any atom is 0.408 e. The smallest absolute Gasteiger partial charge is 0.408 e. The van der Waals surface area contributed by atoms with Crippen molar-refractivity contribution in [3.05, 3.63) is 71.3 Å². The Balaban J connectivity index is 2.46. The van der Waals surface area contributed by atoms with Gasteiger partial charge in [0.15, 0.2) is 0 Å². The molecule has 8 heteroatoms. The van der Waals surface area contributed by atoms with Gasteiger partial charge in [-0.05, 0) is 44.4 Å². The Bertz CT molecular complexity index is 1140. The molecule has 0 aliphatic heterocycles. The molecule has 0 aromatic heterocycles. The topological polar surface area (TPSA) is 87.7 Å². The van der Waals surface area contributed by atoms with Gasteiger partial charge in [0.25, 0.3) is 0 Å². The van der Waals surface area contributed by atoms with Crippen LogP contribution in [0.5, 0.6) is 0 Å². The van der Waals surface area contributed by atoms with Crippen molar-refractivity contribution in [1.82, 2.24) is 15.5 Å². The van der Waals surface area contributed by atoms with Crippen LogP contribution in [-0.2, 0) is 20.9 Å². The highest BCUT2D eigenvalue weighted by Crippen LogP contribution is 2.27. The van der Waals surface area contributed by atoms with E-state index in [0.717, 1.165) is 31.2 Å². The molecule has 2 rings (SSSR count). The SMILES string of the molecule is C#Cc1ccccc1C(C(=O)NCc1ccccc1)N(CCCCCCC)C(=O)C(CS)NC(=O)OC(C)(C)C. The van der Waals surface area contributed by atoms with Crippen molar-refractivity contribution in [3.63, 3.8) is 0 Å². The van der Waals surface area contributed by atoms with E-state index in [9.17, 15) is 14.4 Å². The van der Waals surface area contributed by atoms with Crippen LogP contribution in [0.15, 0.2) is 54.6 Å². The largest absolute Gasteiger partial charge is 0.444 e. The molecule has 0 radical (unpaired) electrons. The van der Waals surface area contributed by atoms with Crippen LogP contribution < -0.4 is 10.6 Å². The van der Waals surface area contributed by atoms with Crippen molar-refractivity contribution in [2.24, 2.45) is 0 Å². The fourth-order valence-corrected chi connectivity index (χ4v) is 4.53. The number of nitrogens with zero attached hydrogens (tertiary/aromatic N) is 1. The first-order valence-electron chi connectivity index (χ1n) is 13.9. The number of benzene rings is 2. The summed E-state index contributed by atoms with van der Waals surface area (Å²) in [6, 6.07) is 14.7. The molecule has 7 nitrogen and oxygen atoms in total. The maximum atomic E-state index is 14.1. The van der Waals surface area contributed by atoms with Gasteiger partial charge in [0, 0.05) is 24.4 Å². The van der Waals surface area contributed by atoms with Crippen molar-refractivity contribution in [2.75, 3.05) is 12.3 Å². The number of ether oxygens (including phenoxy) is 1. The molecule has 0 heterocycles. The third-order valence-electron chi connectivity index (χ3n) is 6.24. The number of amides is 3. The van der Waals surface area contributed by atoms with Crippen LogP contribution in [0.25, 0.3) is 0 Å². The molecule has 0 saturated carbocycles. The van der Waals surface area contributed by atoms with E-state index in [1.54, 1.807) is 45.0 Å². The van der Waals surface area contributed by atoms with Gasteiger partial charge in [-0.1, -0.05) is 87.1 Å². The minimum atomic E-state index is -1.00. The van der Waals surface area contributed by atoms with Gasteiger partial charge in [0.2, 0.25) is 11.8 Å². The summed E-state index contributed by atoms with van der Waals surface area (Å²) in [4.78, 5) is 42.1. The van der Waals surface area contributed by atoms with Crippen molar-refractivity contribution in [3.8, 4) is 12.3 Å². The minimum Gasteiger partial charge on any atom is -0.444 e. The van der Waals surface area contributed by atoms with Gasteiger partial charge in [-0.2, -0.15) is 12.6 Å². The molecular formula is C32H43N3O4S. The number of hydrogen-bond acceptors (Lipinski definition) is 5. The average molecular weight is 566 g/mol. The molecule has 2 unspecified atom stereocenters. The third kappa shape index (κ3) is 10.6. The summed E-state index contributed by atoms with van der Waals surface area (Å²) in [5.74, 6) is 1.90. The average Bonchev–Trinajstić information content (AvgIpc) is 2.93. The van der Waals surface area contributed by atoms with Gasteiger partial charge in [0.05, 0.1) is 0 Å². The number of thiol groups is 1. The Labute approximate surface area is 244 Å². The van der Waals surface area contributed by atoms with E-state index in [1.165, 1.54) is 4.90 Å². The van der Waals surface area contributed by atoms with Crippen LogP contribution in [0.2, 0.25) is 0 Å². The molecule has 2 aromatic rings. The highest BCUT2D eigenvalue weighted by molar-refractivity contribution is 7.80. The predicted molar refractivity (Wildman–Crippen MR) is 163 cm³/mol. The number of unbranched alkanes of at least 4 members (excludes halogenated alkanes) is 4. The van der Waals surface area contributed by atoms with Crippen molar-refractivity contribution in [2.45, 2.75) is 84.0 Å². The van der Waals surface area contributed by atoms with Crippen LogP contribution in [0, 0.1) is 12.3 Å². The number of nitrogens with one attached hydrogen (secondary N) is 2. The Morgan fingerprint density at radius 1 is 1.00 bits per heavy atom. The number of alkyl carbamates (subject to hydrolysis) is 1. The van der Waals surface area contributed by atoms with Gasteiger partial charge in [-0.15, -0.1) is 6.42 Å². The molecule has 2 atom stereocenters. The van der Waals surface area contributed by atoms with E-state index >= 15 is 0 Å². The van der Waals surface area contributed by atoms with Crippen molar-refractivity contribution < 1.29 is 19.1 Å². The zero-order valence-corrected chi connectivity index (χ0v) is 25.0. The third-order valence-corrected chi connectivity index (χ3v) is 6.60. The first-order chi connectivity index (χ1) is 19.1. The molecule has 0 saturated heterocycles. The summed E-state index contributed by atoms with van der Waals surface area (Å²) < 4.78 is 5.38. The molecule has 3 amide bonds. The first-order valence-corrected chi connectivity index (χ1v) is 14.5. The molecule has 2 N–H and O–H groups in total. The quantitative estimate of drug-likeness (QED) is 0.157. The van der Waals surface area contributed by atoms with E-state index in [4.69, 9.17) is 11.2 Å². The fraction of sp³-hybridized carbons (Fsp3) is 0.469. The molecular weight excluding hydrogens is 522 g/mol. The van der Waals surface area contributed by atoms with E-state index in [0.29, 0.717) is 30.6 Å². The van der Waals surface area contributed by atoms with Gasteiger partial charge >= 0.3 is 6.09 Å². The number of carbonyl (C=O) groups excluding carboxylic acids is 3. The number of hydrogen-bond donors (Lipinski definition) is 3. The van der Waals surface area contributed by atoms with Crippen LogP contribution in [-0.4, -0.2) is 46.7 Å². The minimum absolute atomic E-state index is 0.0273. The van der Waals surface area contributed by atoms with E-state index in [1.807, 2.05) is 30.3 Å². The lowest BCUT2D eigenvalue weighted by Crippen LogP contribution is -2.54. The Morgan fingerprint density at radius 2 is 1.65 bits per heavy atom. The fourth-order valence-electron chi connectivity index (χ4n) is 4.29.